The predicted molar refractivity (Wildman–Crippen MR) is 116 cm³/mol. The summed E-state index contributed by atoms with van der Waals surface area (Å²) in [6.45, 7) is 0.880. The van der Waals surface area contributed by atoms with Gasteiger partial charge in [-0.2, -0.15) is 0 Å². The predicted octanol–water partition coefficient (Wildman–Crippen LogP) is 4.09. The maximum atomic E-state index is 13.8. The molecule has 0 spiro atoms. The third kappa shape index (κ3) is 6.62. The highest BCUT2D eigenvalue weighted by Gasteiger charge is 2.06. The van der Waals surface area contributed by atoms with Crippen LogP contribution >= 0.6 is 35.6 Å². The fraction of sp³-hybridized carbons (Fsp3) is 0.278. The Morgan fingerprint density at radius 1 is 1.27 bits per heavy atom. The number of hydrogen-bond donors (Lipinski definition) is 2. The van der Waals surface area contributed by atoms with Crippen LogP contribution in [0.4, 0.5) is 10.1 Å². The first kappa shape index (κ1) is 22.5. The van der Waals surface area contributed by atoms with E-state index in [-0.39, 0.29) is 35.8 Å². The van der Waals surface area contributed by atoms with E-state index in [1.807, 2.05) is 19.0 Å². The zero-order chi connectivity index (χ0) is 18.4. The van der Waals surface area contributed by atoms with Crippen LogP contribution in [0.2, 0.25) is 5.02 Å². The van der Waals surface area contributed by atoms with Gasteiger partial charge in [0.2, 0.25) is 0 Å². The second kappa shape index (κ2) is 10.5. The van der Waals surface area contributed by atoms with E-state index >= 15 is 0 Å². The number of aliphatic imine (C=N–C) groups is 1. The van der Waals surface area contributed by atoms with E-state index in [1.54, 1.807) is 37.4 Å². The smallest absolute Gasteiger partial charge is 0.193 e. The van der Waals surface area contributed by atoms with Gasteiger partial charge >= 0.3 is 0 Å². The van der Waals surface area contributed by atoms with Gasteiger partial charge in [0.25, 0.3) is 0 Å². The molecule has 0 amide bonds. The summed E-state index contributed by atoms with van der Waals surface area (Å²) in [7, 11) is 5.34. The van der Waals surface area contributed by atoms with Crippen molar-refractivity contribution in [3.05, 3.63) is 58.4 Å². The summed E-state index contributed by atoms with van der Waals surface area (Å²) in [5.41, 5.74) is 8.13. The highest BCUT2D eigenvalue weighted by molar-refractivity contribution is 14.0. The molecule has 5 nitrogen and oxygen atoms in total. The summed E-state index contributed by atoms with van der Waals surface area (Å²) >= 11 is 6.07. The molecule has 0 aliphatic carbocycles. The number of anilines is 1. The Bertz CT molecular complexity index is 771. The fourth-order valence-electron chi connectivity index (χ4n) is 2.30. The Morgan fingerprint density at radius 2 is 2.00 bits per heavy atom. The molecule has 0 fully saturated rings. The molecule has 0 bridgehead atoms. The van der Waals surface area contributed by atoms with Gasteiger partial charge in [0.05, 0.1) is 18.7 Å². The van der Waals surface area contributed by atoms with Crippen LogP contribution in [0.25, 0.3) is 0 Å². The summed E-state index contributed by atoms with van der Waals surface area (Å²) in [5, 5.41) is 3.45. The van der Waals surface area contributed by atoms with Crippen molar-refractivity contribution < 1.29 is 9.13 Å². The molecule has 2 aromatic carbocycles. The van der Waals surface area contributed by atoms with Gasteiger partial charge < -0.3 is 20.7 Å². The van der Waals surface area contributed by atoms with Crippen LogP contribution in [-0.2, 0) is 13.1 Å². The molecule has 142 valence electrons. The molecular formula is C18H23ClFIN4O. The van der Waals surface area contributed by atoms with Gasteiger partial charge in [0.15, 0.2) is 5.96 Å². The number of nitrogens with two attached hydrogens (primary N) is 1. The lowest BCUT2D eigenvalue weighted by Crippen LogP contribution is -2.22. The van der Waals surface area contributed by atoms with Crippen molar-refractivity contribution in [2.75, 3.05) is 26.5 Å². The van der Waals surface area contributed by atoms with Crippen molar-refractivity contribution >= 4 is 47.2 Å². The summed E-state index contributed by atoms with van der Waals surface area (Å²) in [5.74, 6) is 0.613. The normalized spacial score (nSPS) is 11.2. The lowest BCUT2D eigenvalue weighted by atomic mass is 10.1. The number of benzene rings is 2. The van der Waals surface area contributed by atoms with Gasteiger partial charge in [-0.15, -0.1) is 24.0 Å². The molecular weight excluding hydrogens is 470 g/mol. The molecule has 0 heterocycles. The van der Waals surface area contributed by atoms with Crippen molar-refractivity contribution in [3.8, 4) is 5.75 Å². The monoisotopic (exact) mass is 492 g/mol. The standard InChI is InChI=1S/C18H22ClFN4O.HI/c1-24(2)11-13-8-12(4-6-16(13)20)10-22-18(21)23-14-5-7-17(25-3)15(19)9-14;/h4-9H,10-11H2,1-3H3,(H3,21,22,23);1H. The number of ether oxygens (including phenoxy) is 1. The Kier molecular flexibility index (Phi) is 9.11. The number of nitrogens with zero attached hydrogens (tertiary/aromatic N) is 2. The quantitative estimate of drug-likeness (QED) is 0.362. The van der Waals surface area contributed by atoms with Gasteiger partial charge in [-0.3, -0.25) is 0 Å². The minimum atomic E-state index is -0.222. The molecule has 0 unspecified atom stereocenters. The second-order valence-corrected chi connectivity index (χ2v) is 6.25. The molecule has 0 aliphatic rings. The SMILES string of the molecule is COc1ccc(NC(N)=NCc2ccc(F)c(CN(C)C)c2)cc1Cl.I. The van der Waals surface area contributed by atoms with Crippen molar-refractivity contribution in [1.82, 2.24) is 4.90 Å². The van der Waals surface area contributed by atoms with E-state index in [9.17, 15) is 4.39 Å². The van der Waals surface area contributed by atoms with Crippen LogP contribution in [0, 0.1) is 5.82 Å². The molecule has 26 heavy (non-hydrogen) atoms. The van der Waals surface area contributed by atoms with Crippen molar-refractivity contribution in [3.63, 3.8) is 0 Å². The van der Waals surface area contributed by atoms with Crippen LogP contribution in [0.5, 0.6) is 5.75 Å². The number of halogens is 3. The first-order valence-corrected chi connectivity index (χ1v) is 8.09. The van der Waals surface area contributed by atoms with Gasteiger partial charge in [-0.1, -0.05) is 17.7 Å². The maximum absolute atomic E-state index is 13.8. The number of rotatable bonds is 6. The van der Waals surface area contributed by atoms with E-state index in [1.165, 1.54) is 6.07 Å². The largest absolute Gasteiger partial charge is 0.495 e. The lowest BCUT2D eigenvalue weighted by molar-refractivity contribution is 0.392. The Morgan fingerprint density at radius 3 is 2.62 bits per heavy atom. The van der Waals surface area contributed by atoms with Gasteiger partial charge in [-0.05, 0) is 50.0 Å². The molecule has 0 saturated heterocycles. The summed E-state index contributed by atoms with van der Waals surface area (Å²) in [4.78, 5) is 6.20. The molecule has 0 atom stereocenters. The van der Waals surface area contributed by atoms with Gasteiger partial charge in [0.1, 0.15) is 11.6 Å². The highest BCUT2D eigenvalue weighted by atomic mass is 127. The van der Waals surface area contributed by atoms with Crippen molar-refractivity contribution in [2.24, 2.45) is 10.7 Å². The number of nitrogens with one attached hydrogen (secondary N) is 1. The fourth-order valence-corrected chi connectivity index (χ4v) is 2.55. The highest BCUT2D eigenvalue weighted by Crippen LogP contribution is 2.27. The van der Waals surface area contributed by atoms with E-state index < -0.39 is 0 Å². The minimum Gasteiger partial charge on any atom is -0.495 e. The topological polar surface area (TPSA) is 62.9 Å². The van der Waals surface area contributed by atoms with Crippen molar-refractivity contribution in [1.29, 1.82) is 0 Å². The summed E-state index contributed by atoms with van der Waals surface area (Å²) in [6.07, 6.45) is 0. The van der Waals surface area contributed by atoms with E-state index in [0.29, 0.717) is 35.1 Å². The molecule has 0 aliphatic heterocycles. The van der Waals surface area contributed by atoms with Gasteiger partial charge in [0, 0.05) is 17.8 Å². The average molecular weight is 493 g/mol. The van der Waals surface area contributed by atoms with Crippen LogP contribution < -0.4 is 15.8 Å². The second-order valence-electron chi connectivity index (χ2n) is 5.84. The first-order valence-electron chi connectivity index (χ1n) is 7.71. The number of methoxy groups -OCH3 is 1. The minimum absolute atomic E-state index is 0. The molecule has 0 radical (unpaired) electrons. The zero-order valence-electron chi connectivity index (χ0n) is 14.9. The Labute approximate surface area is 175 Å². The van der Waals surface area contributed by atoms with Crippen LogP contribution in [0.1, 0.15) is 11.1 Å². The lowest BCUT2D eigenvalue weighted by Gasteiger charge is -2.12. The summed E-state index contributed by atoms with van der Waals surface area (Å²) in [6, 6.07) is 10.2. The third-order valence-corrected chi connectivity index (χ3v) is 3.75. The molecule has 2 aromatic rings. The molecule has 2 rings (SSSR count). The Balaban J connectivity index is 0.00000338. The van der Waals surface area contributed by atoms with Crippen LogP contribution in [-0.4, -0.2) is 32.1 Å². The Hall–Kier alpha value is -1.58. The third-order valence-electron chi connectivity index (χ3n) is 3.45. The number of hydrogen-bond acceptors (Lipinski definition) is 3. The molecule has 3 N–H and O–H groups in total. The van der Waals surface area contributed by atoms with Crippen molar-refractivity contribution in [2.45, 2.75) is 13.1 Å². The van der Waals surface area contributed by atoms with Crippen LogP contribution in [0.3, 0.4) is 0 Å². The number of guanidine groups is 1. The van der Waals surface area contributed by atoms with Gasteiger partial charge in [-0.25, -0.2) is 9.38 Å². The maximum Gasteiger partial charge on any atom is 0.193 e. The summed E-state index contributed by atoms with van der Waals surface area (Å²) < 4.78 is 18.9. The molecule has 8 heteroatoms. The zero-order valence-corrected chi connectivity index (χ0v) is 18.0. The molecule has 0 saturated carbocycles. The van der Waals surface area contributed by atoms with Crippen LogP contribution in [0.15, 0.2) is 41.4 Å². The van der Waals surface area contributed by atoms with E-state index in [2.05, 4.69) is 10.3 Å². The average Bonchev–Trinajstić information content (AvgIpc) is 2.55. The molecule has 0 aromatic heterocycles. The van der Waals surface area contributed by atoms with E-state index in [4.69, 9.17) is 22.1 Å². The first-order chi connectivity index (χ1) is 11.9. The van der Waals surface area contributed by atoms with E-state index in [0.717, 1.165) is 5.56 Å².